The molecule has 1 aromatic rings. The zero-order chi connectivity index (χ0) is 10.4. The molecule has 0 radical (unpaired) electrons. The summed E-state index contributed by atoms with van der Waals surface area (Å²) in [5, 5.41) is 0. The Bertz CT molecular complexity index is 319. The van der Waals surface area contributed by atoms with Gasteiger partial charge >= 0.3 is 0 Å². The van der Waals surface area contributed by atoms with E-state index in [0.29, 0.717) is 0 Å². The first kappa shape index (κ1) is 10.6. The zero-order valence-corrected chi connectivity index (χ0v) is 8.66. The van der Waals surface area contributed by atoms with Gasteiger partial charge in [0, 0.05) is 24.9 Å². The highest BCUT2D eigenvalue weighted by Gasteiger charge is 1.99. The summed E-state index contributed by atoms with van der Waals surface area (Å²) < 4.78 is 0. The average Bonchev–Trinajstić information content (AvgIpc) is 2.23. The first-order valence-corrected chi connectivity index (χ1v) is 4.87. The van der Waals surface area contributed by atoms with Crippen molar-refractivity contribution in [3.05, 3.63) is 29.8 Å². The summed E-state index contributed by atoms with van der Waals surface area (Å²) in [4.78, 5) is 12.4. The topological polar surface area (TPSA) is 20.3 Å². The molecule has 0 saturated heterocycles. The molecule has 74 valence electrons. The van der Waals surface area contributed by atoms with Gasteiger partial charge in [0.15, 0.2) is 0 Å². The lowest BCUT2D eigenvalue weighted by molar-refractivity contribution is 0.570. The number of nitrogens with zero attached hydrogens (tertiary/aromatic N) is 1. The molecule has 1 rings (SSSR count). The van der Waals surface area contributed by atoms with Crippen LogP contribution in [0.2, 0.25) is 0 Å². The van der Waals surface area contributed by atoms with Crippen molar-refractivity contribution in [2.75, 3.05) is 18.0 Å². The van der Waals surface area contributed by atoms with Gasteiger partial charge in [0.05, 0.1) is 0 Å². The van der Waals surface area contributed by atoms with Crippen molar-refractivity contribution >= 4 is 17.7 Å². The fraction of sp³-hybridized carbons (Fsp3) is 0.333. The molecule has 0 unspecified atom stereocenters. The van der Waals surface area contributed by atoms with Crippen LogP contribution in [0.25, 0.3) is 6.08 Å². The second kappa shape index (κ2) is 5.25. The Morgan fingerprint density at radius 2 is 1.79 bits per heavy atom. The fourth-order valence-electron chi connectivity index (χ4n) is 1.44. The summed E-state index contributed by atoms with van der Waals surface area (Å²) in [5.41, 5.74) is 2.09. The Kier molecular flexibility index (Phi) is 3.96. The highest BCUT2D eigenvalue weighted by atomic mass is 16.1. The molecule has 2 nitrogen and oxygen atoms in total. The number of hydrogen-bond acceptors (Lipinski definition) is 2. The second-order valence-corrected chi connectivity index (χ2v) is 3.03. The van der Waals surface area contributed by atoms with E-state index in [4.69, 9.17) is 0 Å². The smallest absolute Gasteiger partial charge is 0.125 e. The number of hydrogen-bond donors (Lipinski definition) is 0. The second-order valence-electron chi connectivity index (χ2n) is 3.03. The van der Waals surface area contributed by atoms with Crippen molar-refractivity contribution in [3.63, 3.8) is 0 Å². The predicted octanol–water partition coefficient (Wildman–Crippen LogP) is 2.38. The van der Waals surface area contributed by atoms with Gasteiger partial charge in [-0.15, -0.1) is 0 Å². The summed E-state index contributed by atoms with van der Waals surface area (Å²) in [7, 11) is 0. The van der Waals surface area contributed by atoms with Crippen LogP contribution >= 0.6 is 0 Å². The van der Waals surface area contributed by atoms with Crippen LogP contribution in [0.15, 0.2) is 24.3 Å². The van der Waals surface area contributed by atoms with E-state index in [-0.39, 0.29) is 0 Å². The van der Waals surface area contributed by atoms with Gasteiger partial charge in [0.2, 0.25) is 0 Å². The SMILES string of the molecule is CCN(CC)c1ccc(C=C=O)cc1. The largest absolute Gasteiger partial charge is 0.372 e. The number of rotatable bonds is 4. The average molecular weight is 189 g/mol. The van der Waals surface area contributed by atoms with Gasteiger partial charge in [-0.3, -0.25) is 0 Å². The Balaban J connectivity index is 2.86. The van der Waals surface area contributed by atoms with Gasteiger partial charge in [-0.25, -0.2) is 4.79 Å². The van der Waals surface area contributed by atoms with Gasteiger partial charge in [0.1, 0.15) is 5.94 Å². The minimum absolute atomic E-state index is 0.899. The van der Waals surface area contributed by atoms with Crippen LogP contribution < -0.4 is 4.90 Å². The van der Waals surface area contributed by atoms with E-state index in [1.165, 1.54) is 11.8 Å². The highest BCUT2D eigenvalue weighted by molar-refractivity contribution is 5.75. The van der Waals surface area contributed by atoms with Crippen molar-refractivity contribution in [1.29, 1.82) is 0 Å². The molecular weight excluding hydrogens is 174 g/mol. The van der Waals surface area contributed by atoms with E-state index >= 15 is 0 Å². The van der Waals surface area contributed by atoms with Crippen LogP contribution in [0, 0.1) is 0 Å². The van der Waals surface area contributed by atoms with Crippen molar-refractivity contribution in [1.82, 2.24) is 0 Å². The van der Waals surface area contributed by atoms with Crippen molar-refractivity contribution in [2.45, 2.75) is 13.8 Å². The number of benzene rings is 1. The Morgan fingerprint density at radius 1 is 1.21 bits per heavy atom. The Labute approximate surface area is 84.9 Å². The first-order chi connectivity index (χ1) is 6.81. The third kappa shape index (κ3) is 2.48. The molecule has 0 aliphatic rings. The predicted molar refractivity (Wildman–Crippen MR) is 60.2 cm³/mol. The van der Waals surface area contributed by atoms with Crippen molar-refractivity contribution in [2.24, 2.45) is 0 Å². The monoisotopic (exact) mass is 189 g/mol. The molecule has 1 aromatic carbocycles. The lowest BCUT2D eigenvalue weighted by atomic mass is 10.2. The molecular formula is C12H15NO. The molecule has 0 N–H and O–H groups in total. The van der Waals surface area contributed by atoms with Gasteiger partial charge in [-0.05, 0) is 31.5 Å². The molecule has 0 spiro atoms. The zero-order valence-electron chi connectivity index (χ0n) is 8.66. The van der Waals surface area contributed by atoms with E-state index in [0.717, 1.165) is 18.7 Å². The quantitative estimate of drug-likeness (QED) is 0.678. The maximum absolute atomic E-state index is 10.1. The van der Waals surface area contributed by atoms with Gasteiger partial charge < -0.3 is 4.90 Å². The maximum atomic E-state index is 10.1. The van der Waals surface area contributed by atoms with Gasteiger partial charge in [-0.1, -0.05) is 12.1 Å². The van der Waals surface area contributed by atoms with Crippen molar-refractivity contribution < 1.29 is 4.79 Å². The fourth-order valence-corrected chi connectivity index (χ4v) is 1.44. The Hall–Kier alpha value is -1.53. The molecule has 0 fully saturated rings. The standard InChI is InChI=1S/C12H15NO/c1-3-13(4-2)12-7-5-11(6-8-12)9-10-14/h5-9H,3-4H2,1-2H3. The van der Waals surface area contributed by atoms with E-state index in [1.807, 2.05) is 24.3 Å². The third-order valence-corrected chi connectivity index (χ3v) is 2.25. The van der Waals surface area contributed by atoms with E-state index in [9.17, 15) is 4.79 Å². The molecule has 0 saturated carbocycles. The van der Waals surface area contributed by atoms with Gasteiger partial charge in [0.25, 0.3) is 0 Å². The normalized spacial score (nSPS) is 9.29. The van der Waals surface area contributed by atoms with Crippen LogP contribution in [0.4, 0.5) is 5.69 Å². The molecule has 0 aromatic heterocycles. The van der Waals surface area contributed by atoms with E-state index in [1.54, 1.807) is 5.94 Å². The molecule has 14 heavy (non-hydrogen) atoms. The summed E-state index contributed by atoms with van der Waals surface area (Å²) >= 11 is 0. The summed E-state index contributed by atoms with van der Waals surface area (Å²) in [6, 6.07) is 7.91. The molecule has 0 heterocycles. The van der Waals surface area contributed by atoms with Gasteiger partial charge in [-0.2, -0.15) is 0 Å². The summed E-state index contributed by atoms with van der Waals surface area (Å²) in [6.45, 7) is 6.25. The lowest BCUT2D eigenvalue weighted by Crippen LogP contribution is -2.21. The van der Waals surface area contributed by atoms with Crippen molar-refractivity contribution in [3.8, 4) is 0 Å². The Morgan fingerprint density at radius 3 is 2.21 bits per heavy atom. The number of anilines is 1. The molecule has 0 amide bonds. The minimum Gasteiger partial charge on any atom is -0.372 e. The van der Waals surface area contributed by atoms with Crippen LogP contribution in [0.5, 0.6) is 0 Å². The van der Waals surface area contributed by atoms with Crippen LogP contribution in [0.1, 0.15) is 19.4 Å². The minimum atomic E-state index is 0.899. The highest BCUT2D eigenvalue weighted by Crippen LogP contribution is 2.14. The first-order valence-electron chi connectivity index (χ1n) is 4.87. The van der Waals surface area contributed by atoms with E-state index in [2.05, 4.69) is 18.7 Å². The third-order valence-electron chi connectivity index (χ3n) is 2.25. The lowest BCUT2D eigenvalue weighted by Gasteiger charge is -2.20. The molecule has 0 bridgehead atoms. The molecule has 2 heteroatoms. The maximum Gasteiger partial charge on any atom is 0.125 e. The number of carbonyl (C=O) groups excluding carboxylic acids is 1. The van der Waals surface area contributed by atoms with Crippen LogP contribution in [-0.4, -0.2) is 19.0 Å². The molecule has 0 aliphatic heterocycles. The molecule has 0 aliphatic carbocycles. The van der Waals surface area contributed by atoms with Crippen LogP contribution in [-0.2, 0) is 4.79 Å². The summed E-state index contributed by atoms with van der Waals surface area (Å²) in [5.74, 6) is 1.77. The molecule has 0 atom stereocenters. The van der Waals surface area contributed by atoms with Crippen LogP contribution in [0.3, 0.4) is 0 Å². The van der Waals surface area contributed by atoms with E-state index < -0.39 is 0 Å². The summed E-state index contributed by atoms with van der Waals surface area (Å²) in [6.07, 6.45) is 1.44.